The van der Waals surface area contributed by atoms with Gasteiger partial charge >= 0.3 is 0 Å². The number of hydrogen-bond donors (Lipinski definition) is 0. The molecule has 1 amide bonds. The molecule has 0 radical (unpaired) electrons. The molecule has 1 heterocycles. The van der Waals surface area contributed by atoms with Crippen molar-refractivity contribution >= 4 is 33.4 Å². The van der Waals surface area contributed by atoms with Gasteiger partial charge in [0.05, 0.1) is 11.5 Å². The first-order chi connectivity index (χ1) is 14.0. The van der Waals surface area contributed by atoms with Crippen molar-refractivity contribution in [2.24, 2.45) is 0 Å². The van der Waals surface area contributed by atoms with Crippen LogP contribution in [0, 0.1) is 0 Å². The van der Waals surface area contributed by atoms with Gasteiger partial charge in [0.25, 0.3) is 0 Å². The van der Waals surface area contributed by atoms with Crippen LogP contribution in [-0.4, -0.2) is 36.8 Å². The second kappa shape index (κ2) is 8.94. The van der Waals surface area contributed by atoms with Crippen LogP contribution in [0.3, 0.4) is 0 Å². The molecule has 4 nitrogen and oxygen atoms in total. The second-order valence-corrected chi connectivity index (χ2v) is 11.5. The molecule has 1 saturated heterocycles. The van der Waals surface area contributed by atoms with E-state index in [0.29, 0.717) is 18.0 Å². The van der Waals surface area contributed by atoms with Crippen LogP contribution in [0.1, 0.15) is 43.9 Å². The molecule has 160 valence electrons. The fraction of sp³-hybridized carbons (Fsp3) is 0.375. The van der Waals surface area contributed by atoms with E-state index in [0.717, 1.165) is 11.1 Å². The highest BCUT2D eigenvalue weighted by Gasteiger charge is 2.34. The van der Waals surface area contributed by atoms with Gasteiger partial charge in [0.15, 0.2) is 9.84 Å². The van der Waals surface area contributed by atoms with Crippen LogP contribution in [-0.2, 0) is 26.6 Å². The number of rotatable bonds is 5. The summed E-state index contributed by atoms with van der Waals surface area (Å²) in [7, 11) is -3.10. The molecule has 2 aromatic rings. The minimum absolute atomic E-state index is 0.0143. The number of nitrogens with zero attached hydrogens (tertiary/aromatic N) is 1. The summed E-state index contributed by atoms with van der Waals surface area (Å²) in [6.07, 6.45) is 3.79. The van der Waals surface area contributed by atoms with E-state index in [4.69, 9.17) is 11.6 Å². The minimum atomic E-state index is -3.10. The van der Waals surface area contributed by atoms with Crippen molar-refractivity contribution in [1.82, 2.24) is 4.90 Å². The van der Waals surface area contributed by atoms with E-state index in [1.54, 1.807) is 23.1 Å². The highest BCUT2D eigenvalue weighted by Crippen LogP contribution is 2.24. The van der Waals surface area contributed by atoms with Gasteiger partial charge in [0.1, 0.15) is 0 Å². The molecule has 0 spiro atoms. The van der Waals surface area contributed by atoms with E-state index in [2.05, 4.69) is 32.9 Å². The molecule has 1 atom stereocenters. The van der Waals surface area contributed by atoms with Crippen LogP contribution in [0.15, 0.2) is 54.6 Å². The third kappa shape index (κ3) is 5.96. The molecule has 2 aromatic carbocycles. The van der Waals surface area contributed by atoms with Gasteiger partial charge in [-0.1, -0.05) is 68.8 Å². The molecule has 1 fully saturated rings. The van der Waals surface area contributed by atoms with E-state index < -0.39 is 9.84 Å². The molecule has 0 aliphatic carbocycles. The van der Waals surface area contributed by atoms with Gasteiger partial charge in [-0.25, -0.2) is 8.42 Å². The molecule has 0 saturated carbocycles. The topological polar surface area (TPSA) is 54.5 Å². The Hall–Kier alpha value is -2.11. The monoisotopic (exact) mass is 445 g/mol. The Morgan fingerprint density at radius 1 is 1.10 bits per heavy atom. The van der Waals surface area contributed by atoms with Gasteiger partial charge in [0, 0.05) is 23.7 Å². The Kier molecular flexibility index (Phi) is 6.73. The van der Waals surface area contributed by atoms with Crippen LogP contribution in [0.4, 0.5) is 0 Å². The summed E-state index contributed by atoms with van der Waals surface area (Å²) in [5.74, 6) is -0.0486. The Balaban J connectivity index is 1.79. The Labute approximate surface area is 184 Å². The lowest BCUT2D eigenvalue weighted by molar-refractivity contribution is -0.128. The number of carbonyl (C=O) groups excluding carboxylic acids is 1. The van der Waals surface area contributed by atoms with Crippen molar-refractivity contribution in [3.8, 4) is 0 Å². The van der Waals surface area contributed by atoms with Gasteiger partial charge in [-0.15, -0.1) is 0 Å². The van der Waals surface area contributed by atoms with Crippen LogP contribution in [0.5, 0.6) is 0 Å². The summed E-state index contributed by atoms with van der Waals surface area (Å²) in [6.45, 7) is 6.83. The predicted octanol–water partition coefficient (Wildman–Crippen LogP) is 4.87. The van der Waals surface area contributed by atoms with Crippen LogP contribution in [0.25, 0.3) is 6.08 Å². The van der Waals surface area contributed by atoms with Crippen molar-refractivity contribution in [2.45, 2.75) is 45.2 Å². The van der Waals surface area contributed by atoms with E-state index in [9.17, 15) is 13.2 Å². The molecule has 30 heavy (non-hydrogen) atoms. The van der Waals surface area contributed by atoms with E-state index in [1.165, 1.54) is 11.6 Å². The van der Waals surface area contributed by atoms with Gasteiger partial charge in [0.2, 0.25) is 5.91 Å². The smallest absolute Gasteiger partial charge is 0.247 e. The number of hydrogen-bond acceptors (Lipinski definition) is 3. The molecule has 3 rings (SSSR count). The number of halogens is 1. The van der Waals surface area contributed by atoms with Crippen LogP contribution >= 0.6 is 11.6 Å². The first kappa shape index (κ1) is 22.6. The Morgan fingerprint density at radius 2 is 1.73 bits per heavy atom. The number of carbonyl (C=O) groups is 1. The van der Waals surface area contributed by atoms with Gasteiger partial charge in [-0.2, -0.15) is 0 Å². The zero-order valence-electron chi connectivity index (χ0n) is 17.6. The van der Waals surface area contributed by atoms with E-state index >= 15 is 0 Å². The lowest BCUT2D eigenvalue weighted by Gasteiger charge is -2.27. The highest BCUT2D eigenvalue weighted by molar-refractivity contribution is 7.91. The summed E-state index contributed by atoms with van der Waals surface area (Å²) >= 11 is 5.96. The summed E-state index contributed by atoms with van der Waals surface area (Å²) in [6, 6.07) is 15.1. The molecule has 1 aliphatic heterocycles. The fourth-order valence-corrected chi connectivity index (χ4v) is 5.41. The molecule has 0 aromatic heterocycles. The number of benzene rings is 2. The minimum Gasteiger partial charge on any atom is -0.331 e. The van der Waals surface area contributed by atoms with Gasteiger partial charge in [-0.05, 0) is 46.7 Å². The average molecular weight is 446 g/mol. The second-order valence-electron chi connectivity index (χ2n) is 8.85. The molecular weight excluding hydrogens is 418 g/mol. The Morgan fingerprint density at radius 3 is 2.27 bits per heavy atom. The van der Waals surface area contributed by atoms with E-state index in [-0.39, 0.29) is 28.9 Å². The largest absolute Gasteiger partial charge is 0.331 e. The molecule has 1 aliphatic rings. The van der Waals surface area contributed by atoms with Crippen molar-refractivity contribution in [3.05, 3.63) is 76.3 Å². The first-order valence-electron chi connectivity index (χ1n) is 10.1. The lowest BCUT2D eigenvalue weighted by atomic mass is 9.87. The SMILES string of the molecule is CC(C)(C)c1ccc(/C=C/C(=O)N(Cc2ccc(Cl)cc2)[C@H]2CCS(=O)(=O)C2)cc1. The average Bonchev–Trinajstić information content (AvgIpc) is 3.04. The van der Waals surface area contributed by atoms with Crippen LogP contribution in [0.2, 0.25) is 5.02 Å². The van der Waals surface area contributed by atoms with Crippen molar-refractivity contribution in [1.29, 1.82) is 0 Å². The summed E-state index contributed by atoms with van der Waals surface area (Å²) in [5, 5.41) is 0.624. The molecule has 0 bridgehead atoms. The first-order valence-corrected chi connectivity index (χ1v) is 12.3. The number of amides is 1. The van der Waals surface area contributed by atoms with E-state index in [1.807, 2.05) is 24.3 Å². The quantitative estimate of drug-likeness (QED) is 0.617. The van der Waals surface area contributed by atoms with Crippen LogP contribution < -0.4 is 0 Å². The van der Waals surface area contributed by atoms with Gasteiger partial charge in [-0.3, -0.25) is 4.79 Å². The maximum Gasteiger partial charge on any atom is 0.247 e. The normalized spacial score (nSPS) is 18.6. The molecule has 0 N–H and O–H groups in total. The van der Waals surface area contributed by atoms with Crippen molar-refractivity contribution < 1.29 is 13.2 Å². The molecule has 0 unspecified atom stereocenters. The van der Waals surface area contributed by atoms with Gasteiger partial charge < -0.3 is 4.90 Å². The highest BCUT2D eigenvalue weighted by atomic mass is 35.5. The maximum absolute atomic E-state index is 13.0. The Bertz CT molecular complexity index is 1020. The summed E-state index contributed by atoms with van der Waals surface area (Å²) in [4.78, 5) is 14.7. The standard InChI is InChI=1S/C24H28ClNO3S/c1-24(2,3)20-9-4-18(5-10-20)8-13-23(27)26(22-14-15-30(28,29)17-22)16-19-6-11-21(25)12-7-19/h4-13,22H,14-17H2,1-3H3/b13-8+/t22-/m0/s1. The number of sulfone groups is 1. The fourth-order valence-electron chi connectivity index (χ4n) is 3.55. The third-order valence-corrected chi connectivity index (χ3v) is 7.40. The predicted molar refractivity (Wildman–Crippen MR) is 123 cm³/mol. The lowest BCUT2D eigenvalue weighted by Crippen LogP contribution is -2.39. The zero-order chi connectivity index (χ0) is 21.9. The molecule has 6 heteroatoms. The third-order valence-electron chi connectivity index (χ3n) is 5.39. The summed E-state index contributed by atoms with van der Waals surface area (Å²) < 4.78 is 24.0. The summed E-state index contributed by atoms with van der Waals surface area (Å²) in [5.41, 5.74) is 3.15. The van der Waals surface area contributed by atoms with Crippen molar-refractivity contribution in [2.75, 3.05) is 11.5 Å². The van der Waals surface area contributed by atoms with Crippen molar-refractivity contribution in [3.63, 3.8) is 0 Å². The zero-order valence-corrected chi connectivity index (χ0v) is 19.2. The maximum atomic E-state index is 13.0. The molecular formula is C24H28ClNO3S.